The van der Waals surface area contributed by atoms with Crippen molar-refractivity contribution in [1.82, 2.24) is 4.98 Å². The number of hydrogen-bond donors (Lipinski definition) is 2. The Morgan fingerprint density at radius 3 is 2.52 bits per heavy atom. The van der Waals surface area contributed by atoms with Crippen LogP contribution in [0.3, 0.4) is 0 Å². The van der Waals surface area contributed by atoms with E-state index in [1.54, 1.807) is 5.38 Å². The van der Waals surface area contributed by atoms with E-state index in [1.165, 1.54) is 22.8 Å². The average Bonchev–Trinajstić information content (AvgIpc) is 2.93. The molecule has 0 spiro atoms. The van der Waals surface area contributed by atoms with Gasteiger partial charge in [-0.05, 0) is 11.4 Å². The highest BCUT2D eigenvalue weighted by Gasteiger charge is 2.25. The van der Waals surface area contributed by atoms with Crippen molar-refractivity contribution in [2.24, 2.45) is 0 Å². The van der Waals surface area contributed by atoms with Gasteiger partial charge in [-0.25, -0.2) is 18.2 Å². The molecule has 114 valence electrons. The third-order valence-corrected chi connectivity index (χ3v) is 5.91. The summed E-state index contributed by atoms with van der Waals surface area (Å²) in [5.74, 6) is -1.26. The molecule has 0 aromatic carbocycles. The first-order valence-corrected chi connectivity index (χ1v) is 9.15. The number of sulfonamides is 1. The molecule has 2 N–H and O–H groups in total. The van der Waals surface area contributed by atoms with Crippen LogP contribution in [-0.4, -0.2) is 24.5 Å². The number of rotatable bonds is 4. The fraction of sp³-hybridized carbons (Fsp3) is 0.333. The average molecular weight is 346 g/mol. The van der Waals surface area contributed by atoms with Crippen molar-refractivity contribution in [2.75, 3.05) is 4.72 Å². The van der Waals surface area contributed by atoms with Crippen molar-refractivity contribution < 1.29 is 18.3 Å². The van der Waals surface area contributed by atoms with Gasteiger partial charge in [0.2, 0.25) is 0 Å². The third-order valence-electron chi connectivity index (χ3n) is 2.61. The zero-order valence-corrected chi connectivity index (χ0v) is 14.0. The van der Waals surface area contributed by atoms with Crippen LogP contribution in [-0.2, 0) is 15.4 Å². The van der Waals surface area contributed by atoms with Crippen molar-refractivity contribution in [2.45, 2.75) is 31.1 Å². The SMILES string of the molecule is CC(C)(C)c1csc(NS(=O)(=O)c2ccsc2C(=O)O)n1. The number of carboxylic acid groups (broad SMARTS) is 1. The second-order valence-corrected chi connectivity index (χ2v) is 8.74. The highest BCUT2D eigenvalue weighted by atomic mass is 32.2. The van der Waals surface area contributed by atoms with E-state index in [2.05, 4.69) is 9.71 Å². The van der Waals surface area contributed by atoms with Gasteiger partial charge < -0.3 is 5.11 Å². The Morgan fingerprint density at radius 1 is 1.33 bits per heavy atom. The van der Waals surface area contributed by atoms with E-state index in [0.29, 0.717) is 0 Å². The number of aromatic carboxylic acids is 1. The van der Waals surface area contributed by atoms with E-state index >= 15 is 0 Å². The maximum Gasteiger partial charge on any atom is 0.347 e. The minimum atomic E-state index is -3.95. The summed E-state index contributed by atoms with van der Waals surface area (Å²) in [6.07, 6.45) is 0. The molecule has 0 atom stereocenters. The maximum absolute atomic E-state index is 12.2. The number of aromatic nitrogens is 1. The van der Waals surface area contributed by atoms with Crippen LogP contribution >= 0.6 is 22.7 Å². The number of nitrogens with zero attached hydrogens (tertiary/aromatic N) is 1. The van der Waals surface area contributed by atoms with Crippen molar-refractivity contribution in [3.8, 4) is 0 Å². The summed E-state index contributed by atoms with van der Waals surface area (Å²) in [6, 6.07) is 1.27. The Bertz CT molecular complexity index is 769. The molecule has 2 rings (SSSR count). The molecule has 21 heavy (non-hydrogen) atoms. The quantitative estimate of drug-likeness (QED) is 0.887. The Kier molecular flexibility index (Phi) is 4.09. The van der Waals surface area contributed by atoms with Crippen LogP contribution < -0.4 is 4.72 Å². The molecule has 0 saturated heterocycles. The summed E-state index contributed by atoms with van der Waals surface area (Å²) < 4.78 is 26.8. The monoisotopic (exact) mass is 346 g/mol. The second-order valence-electron chi connectivity index (χ2n) is 5.31. The van der Waals surface area contributed by atoms with Gasteiger partial charge in [-0.15, -0.1) is 22.7 Å². The predicted octanol–water partition coefficient (Wildman–Crippen LogP) is 3.00. The normalized spacial score (nSPS) is 12.3. The van der Waals surface area contributed by atoms with E-state index < -0.39 is 16.0 Å². The minimum Gasteiger partial charge on any atom is -0.477 e. The summed E-state index contributed by atoms with van der Waals surface area (Å²) in [5, 5.41) is 12.4. The molecular formula is C12H14N2O4S3. The zero-order chi connectivity index (χ0) is 15.8. The number of thiazole rings is 1. The van der Waals surface area contributed by atoms with E-state index in [-0.39, 0.29) is 20.3 Å². The van der Waals surface area contributed by atoms with Gasteiger partial charge in [0.05, 0.1) is 5.69 Å². The zero-order valence-electron chi connectivity index (χ0n) is 11.6. The van der Waals surface area contributed by atoms with Gasteiger partial charge >= 0.3 is 5.97 Å². The van der Waals surface area contributed by atoms with Crippen LogP contribution in [0.15, 0.2) is 21.7 Å². The molecule has 2 aromatic heterocycles. The van der Waals surface area contributed by atoms with Crippen molar-refractivity contribution in [3.63, 3.8) is 0 Å². The number of thiophene rings is 1. The Labute approximate surface area is 130 Å². The van der Waals surface area contributed by atoms with Gasteiger partial charge in [0.25, 0.3) is 10.0 Å². The van der Waals surface area contributed by atoms with Gasteiger partial charge in [0.15, 0.2) is 5.13 Å². The lowest BCUT2D eigenvalue weighted by Gasteiger charge is -2.14. The Balaban J connectivity index is 2.32. The second kappa shape index (κ2) is 5.39. The number of anilines is 1. The van der Waals surface area contributed by atoms with Crippen molar-refractivity contribution >= 4 is 43.8 Å². The van der Waals surface area contributed by atoms with Gasteiger partial charge in [-0.3, -0.25) is 4.72 Å². The number of hydrogen-bond acceptors (Lipinski definition) is 6. The van der Waals surface area contributed by atoms with Gasteiger partial charge in [0.1, 0.15) is 9.77 Å². The number of carboxylic acids is 1. The van der Waals surface area contributed by atoms with Crippen LogP contribution in [0.1, 0.15) is 36.1 Å². The fourth-order valence-electron chi connectivity index (χ4n) is 1.50. The van der Waals surface area contributed by atoms with Crippen molar-refractivity contribution in [1.29, 1.82) is 0 Å². The molecule has 0 unspecified atom stereocenters. The molecule has 0 aliphatic carbocycles. The molecule has 0 aliphatic rings. The van der Waals surface area contributed by atoms with Crippen LogP contribution in [0.4, 0.5) is 5.13 Å². The van der Waals surface area contributed by atoms with Crippen LogP contribution in [0.25, 0.3) is 0 Å². The lowest BCUT2D eigenvalue weighted by molar-refractivity contribution is 0.0698. The standard InChI is InChI=1S/C12H14N2O4S3/c1-12(2,3)8-6-20-11(13-8)14-21(17,18)7-4-5-19-9(7)10(15)16/h4-6H,1-3H3,(H,13,14)(H,15,16). The van der Waals surface area contributed by atoms with E-state index in [9.17, 15) is 13.2 Å². The van der Waals surface area contributed by atoms with E-state index in [1.807, 2.05) is 20.8 Å². The molecule has 0 saturated carbocycles. The van der Waals surface area contributed by atoms with Gasteiger partial charge in [0, 0.05) is 10.8 Å². The van der Waals surface area contributed by atoms with Crippen LogP contribution in [0, 0.1) is 0 Å². The Hall–Kier alpha value is -1.45. The third kappa shape index (κ3) is 3.42. The fourth-order valence-corrected chi connectivity index (χ4v) is 4.95. The largest absolute Gasteiger partial charge is 0.477 e. The van der Waals surface area contributed by atoms with Crippen LogP contribution in [0.5, 0.6) is 0 Å². The molecule has 0 bridgehead atoms. The molecule has 0 fully saturated rings. The van der Waals surface area contributed by atoms with Crippen LogP contribution in [0.2, 0.25) is 0 Å². The predicted molar refractivity (Wildman–Crippen MR) is 82.9 cm³/mol. The molecule has 9 heteroatoms. The summed E-state index contributed by atoms with van der Waals surface area (Å²) in [7, 11) is -3.95. The van der Waals surface area contributed by atoms with Gasteiger partial charge in [-0.2, -0.15) is 0 Å². The molecule has 0 radical (unpaired) electrons. The molecule has 2 heterocycles. The smallest absolute Gasteiger partial charge is 0.347 e. The van der Waals surface area contributed by atoms with E-state index in [4.69, 9.17) is 5.11 Å². The first-order valence-electron chi connectivity index (χ1n) is 5.91. The number of carbonyl (C=O) groups is 1. The van der Waals surface area contributed by atoms with E-state index in [0.717, 1.165) is 17.0 Å². The summed E-state index contributed by atoms with van der Waals surface area (Å²) >= 11 is 2.04. The maximum atomic E-state index is 12.2. The molecule has 0 amide bonds. The highest BCUT2D eigenvalue weighted by molar-refractivity contribution is 7.93. The molecule has 6 nitrogen and oxygen atoms in total. The summed E-state index contributed by atoms with van der Waals surface area (Å²) in [5.41, 5.74) is 0.586. The van der Waals surface area contributed by atoms with Crippen molar-refractivity contribution in [3.05, 3.63) is 27.4 Å². The topological polar surface area (TPSA) is 96.4 Å². The molecule has 0 aliphatic heterocycles. The lowest BCUT2D eigenvalue weighted by atomic mass is 9.93. The lowest BCUT2D eigenvalue weighted by Crippen LogP contribution is -2.16. The summed E-state index contributed by atoms with van der Waals surface area (Å²) in [4.78, 5) is 14.8. The Morgan fingerprint density at radius 2 is 2.00 bits per heavy atom. The molecule has 2 aromatic rings. The minimum absolute atomic E-state index is 0.186. The first kappa shape index (κ1) is 15.9. The highest BCUT2D eigenvalue weighted by Crippen LogP contribution is 2.29. The van der Waals surface area contributed by atoms with Gasteiger partial charge in [-0.1, -0.05) is 20.8 Å². The molecular weight excluding hydrogens is 332 g/mol. The summed E-state index contributed by atoms with van der Waals surface area (Å²) in [6.45, 7) is 5.92. The first-order chi connectivity index (χ1) is 9.61. The number of nitrogens with one attached hydrogen (secondary N) is 1.